The average Bonchev–Trinajstić information content (AvgIpc) is 2.89. The molecule has 1 N–H and O–H groups in total. The number of carbonyl (C=O) groups is 1. The zero-order valence-electron chi connectivity index (χ0n) is 19.7. The molecule has 0 radical (unpaired) electrons. The Morgan fingerprint density at radius 1 is 0.735 bits per heavy atom. The van der Waals surface area contributed by atoms with Crippen molar-refractivity contribution < 1.29 is 14.3 Å². The number of rotatable bonds is 10. The van der Waals surface area contributed by atoms with Crippen molar-refractivity contribution in [3.8, 4) is 0 Å². The molecule has 34 heavy (non-hydrogen) atoms. The molecule has 3 atom stereocenters. The molecule has 4 heteroatoms. The summed E-state index contributed by atoms with van der Waals surface area (Å²) in [6, 6.07) is 33.6. The fourth-order valence-corrected chi connectivity index (χ4v) is 3.95. The number of esters is 1. The van der Waals surface area contributed by atoms with Gasteiger partial charge in [-0.25, -0.2) is 0 Å². The minimum atomic E-state index is -0.617. The van der Waals surface area contributed by atoms with Crippen LogP contribution in [0.5, 0.6) is 0 Å². The van der Waals surface area contributed by atoms with E-state index in [0.717, 1.165) is 16.7 Å². The Kier molecular flexibility index (Phi) is 8.08. The highest BCUT2D eigenvalue weighted by molar-refractivity contribution is 5.83. The highest BCUT2D eigenvalue weighted by Crippen LogP contribution is 2.22. The van der Waals surface area contributed by atoms with Gasteiger partial charge in [0, 0.05) is 6.04 Å². The molecule has 0 fully saturated rings. The molecule has 0 saturated heterocycles. The maximum absolute atomic E-state index is 13.2. The van der Waals surface area contributed by atoms with Crippen LogP contribution in [-0.2, 0) is 27.5 Å². The minimum Gasteiger partial charge on any atom is -0.460 e. The van der Waals surface area contributed by atoms with Gasteiger partial charge in [-0.3, -0.25) is 10.1 Å². The second-order valence-electron chi connectivity index (χ2n) is 8.57. The first-order chi connectivity index (χ1) is 16.6. The van der Waals surface area contributed by atoms with E-state index in [2.05, 4.69) is 42.6 Å². The number of carbonyl (C=O) groups excluding carboxylic acids is 1. The van der Waals surface area contributed by atoms with Crippen LogP contribution in [0.3, 0.4) is 0 Å². The summed E-state index contributed by atoms with van der Waals surface area (Å²) in [5.74, 6) is -0.322. The molecule has 1 unspecified atom stereocenters. The third kappa shape index (κ3) is 6.31. The van der Waals surface area contributed by atoms with Gasteiger partial charge >= 0.3 is 5.97 Å². The van der Waals surface area contributed by atoms with Gasteiger partial charge in [0.1, 0.15) is 12.6 Å². The number of ether oxygens (including phenoxy) is 2. The van der Waals surface area contributed by atoms with E-state index >= 15 is 0 Å². The van der Waals surface area contributed by atoms with Gasteiger partial charge in [-0.1, -0.05) is 97.1 Å². The van der Waals surface area contributed by atoms with Gasteiger partial charge in [-0.15, -0.1) is 0 Å². The smallest absolute Gasteiger partial charge is 0.326 e. The molecular weight excluding hydrogens is 422 g/mol. The molecule has 0 aromatic heterocycles. The molecule has 0 bridgehead atoms. The number of hydrogen-bond donors (Lipinski definition) is 1. The maximum Gasteiger partial charge on any atom is 0.326 e. The highest BCUT2D eigenvalue weighted by atomic mass is 16.5. The molecule has 0 heterocycles. The van der Waals surface area contributed by atoms with E-state index in [1.165, 1.54) is 10.8 Å². The zero-order chi connectivity index (χ0) is 23.8. The zero-order valence-corrected chi connectivity index (χ0v) is 19.7. The Bertz CT molecular complexity index is 1190. The van der Waals surface area contributed by atoms with E-state index in [1.54, 1.807) is 0 Å². The number of nitrogens with one attached hydrogen (secondary N) is 1. The van der Waals surface area contributed by atoms with Gasteiger partial charge in [0.25, 0.3) is 0 Å². The van der Waals surface area contributed by atoms with Crippen molar-refractivity contribution in [3.63, 3.8) is 0 Å². The molecule has 0 aliphatic heterocycles. The highest BCUT2D eigenvalue weighted by Gasteiger charge is 2.29. The first-order valence-corrected chi connectivity index (χ1v) is 11.7. The van der Waals surface area contributed by atoms with Gasteiger partial charge in [0.2, 0.25) is 0 Å². The fourth-order valence-electron chi connectivity index (χ4n) is 3.95. The van der Waals surface area contributed by atoms with Crippen molar-refractivity contribution in [2.24, 2.45) is 0 Å². The number of hydrogen-bond acceptors (Lipinski definition) is 4. The lowest BCUT2D eigenvalue weighted by Gasteiger charge is -2.27. The van der Waals surface area contributed by atoms with Crippen molar-refractivity contribution in [3.05, 3.63) is 120 Å². The second-order valence-corrected chi connectivity index (χ2v) is 8.57. The fraction of sp³-hybridized carbons (Fsp3) is 0.233. The van der Waals surface area contributed by atoms with Crippen LogP contribution >= 0.6 is 0 Å². The molecule has 0 amide bonds. The van der Waals surface area contributed by atoms with Crippen molar-refractivity contribution in [2.75, 3.05) is 0 Å². The predicted molar refractivity (Wildman–Crippen MR) is 136 cm³/mol. The quantitative estimate of drug-likeness (QED) is 0.290. The second kappa shape index (κ2) is 11.6. The van der Waals surface area contributed by atoms with E-state index in [4.69, 9.17) is 9.47 Å². The monoisotopic (exact) mass is 453 g/mol. The Balaban J connectivity index is 1.48. The molecule has 0 aliphatic rings. The van der Waals surface area contributed by atoms with Crippen LogP contribution in [0.1, 0.15) is 36.6 Å². The lowest BCUT2D eigenvalue weighted by molar-refractivity contribution is -0.152. The lowest BCUT2D eigenvalue weighted by Crippen LogP contribution is -2.47. The molecular formula is C30H31NO3. The summed E-state index contributed by atoms with van der Waals surface area (Å²) >= 11 is 0. The van der Waals surface area contributed by atoms with Crippen LogP contribution in [-0.4, -0.2) is 18.1 Å². The topological polar surface area (TPSA) is 47.6 Å². The Hall–Kier alpha value is -3.47. The lowest BCUT2D eigenvalue weighted by atomic mass is 10.0. The normalized spacial score (nSPS) is 13.8. The van der Waals surface area contributed by atoms with Gasteiger partial charge in [0.05, 0.1) is 12.7 Å². The van der Waals surface area contributed by atoms with Gasteiger partial charge < -0.3 is 9.47 Å². The Morgan fingerprint density at radius 3 is 2.00 bits per heavy atom. The first kappa shape index (κ1) is 23.7. The summed E-state index contributed by atoms with van der Waals surface area (Å²) < 4.78 is 11.8. The summed E-state index contributed by atoms with van der Waals surface area (Å²) in [6.07, 6.45) is -0.383. The number of fused-ring (bicyclic) bond motifs is 1. The number of benzene rings is 4. The molecule has 4 aromatic rings. The molecule has 174 valence electrons. The Morgan fingerprint density at radius 2 is 1.32 bits per heavy atom. The van der Waals surface area contributed by atoms with E-state index in [0.29, 0.717) is 6.61 Å². The van der Waals surface area contributed by atoms with Crippen LogP contribution < -0.4 is 5.32 Å². The van der Waals surface area contributed by atoms with Gasteiger partial charge in [-0.05, 0) is 47.4 Å². The van der Waals surface area contributed by atoms with Gasteiger partial charge in [-0.2, -0.15) is 0 Å². The third-order valence-corrected chi connectivity index (χ3v) is 6.01. The van der Waals surface area contributed by atoms with Crippen molar-refractivity contribution >= 4 is 16.7 Å². The minimum absolute atomic E-state index is 0.0679. The van der Waals surface area contributed by atoms with Crippen LogP contribution in [0.25, 0.3) is 10.8 Å². The SMILES string of the molecule is CC(N[C@H](C(=O)OCc1ccccc1)[C@@H](C)OCc1ccccc1)c1ccc2ccccc2c1. The summed E-state index contributed by atoms with van der Waals surface area (Å²) in [6.45, 7) is 4.63. The van der Waals surface area contributed by atoms with Crippen LogP contribution in [0, 0.1) is 0 Å². The van der Waals surface area contributed by atoms with Crippen LogP contribution in [0.15, 0.2) is 103 Å². The summed E-state index contributed by atoms with van der Waals surface area (Å²) in [5.41, 5.74) is 3.12. The summed E-state index contributed by atoms with van der Waals surface area (Å²) in [5, 5.41) is 5.83. The standard InChI is InChI=1S/C30H31NO3/c1-22(27-18-17-26-15-9-10-16-28(26)19-27)31-29(23(2)33-20-24-11-5-3-6-12-24)30(32)34-21-25-13-7-4-8-14-25/h3-19,22-23,29,31H,20-21H2,1-2H3/t22?,23-,29+/m1/s1. The molecule has 4 aromatic carbocycles. The van der Waals surface area contributed by atoms with Crippen LogP contribution in [0.2, 0.25) is 0 Å². The maximum atomic E-state index is 13.2. The largest absolute Gasteiger partial charge is 0.460 e. The third-order valence-electron chi connectivity index (χ3n) is 6.01. The van der Waals surface area contributed by atoms with Crippen LogP contribution in [0.4, 0.5) is 0 Å². The molecule has 0 aliphatic carbocycles. The van der Waals surface area contributed by atoms with Gasteiger partial charge in [0.15, 0.2) is 0 Å². The molecule has 0 saturated carbocycles. The van der Waals surface area contributed by atoms with E-state index < -0.39 is 6.04 Å². The average molecular weight is 454 g/mol. The molecule has 4 rings (SSSR count). The van der Waals surface area contributed by atoms with Crippen molar-refractivity contribution in [2.45, 2.75) is 45.2 Å². The van der Waals surface area contributed by atoms with E-state index in [9.17, 15) is 4.79 Å². The van der Waals surface area contributed by atoms with E-state index in [-0.39, 0.29) is 24.7 Å². The van der Waals surface area contributed by atoms with E-state index in [1.807, 2.05) is 79.7 Å². The predicted octanol–water partition coefficient (Wildman–Crippen LogP) is 6.21. The summed E-state index contributed by atoms with van der Waals surface area (Å²) in [7, 11) is 0. The molecule has 4 nitrogen and oxygen atoms in total. The van der Waals surface area contributed by atoms with Crippen molar-refractivity contribution in [1.82, 2.24) is 5.32 Å². The van der Waals surface area contributed by atoms with Crippen molar-refractivity contribution in [1.29, 1.82) is 0 Å². The Labute approximate surface area is 201 Å². The molecule has 0 spiro atoms. The summed E-state index contributed by atoms with van der Waals surface area (Å²) in [4.78, 5) is 13.2. The first-order valence-electron chi connectivity index (χ1n) is 11.7.